The molecule has 2 heteroatoms. The number of likely N-dealkylation sites (tertiary alicyclic amines) is 1. The quantitative estimate of drug-likeness (QED) is 0.696. The third-order valence-corrected chi connectivity index (χ3v) is 4.46. The molecule has 1 atom stereocenters. The van der Waals surface area contributed by atoms with Gasteiger partial charge in [0.2, 0.25) is 0 Å². The van der Waals surface area contributed by atoms with Gasteiger partial charge in [0, 0.05) is 25.8 Å². The third-order valence-electron chi connectivity index (χ3n) is 4.46. The molecule has 2 aliphatic heterocycles. The summed E-state index contributed by atoms with van der Waals surface area (Å²) in [6.07, 6.45) is 6.69. The number of nitrogens with zero attached hydrogens (tertiary/aromatic N) is 1. The molecule has 0 amide bonds. The van der Waals surface area contributed by atoms with Gasteiger partial charge in [0.1, 0.15) is 0 Å². The van der Waals surface area contributed by atoms with E-state index in [0.29, 0.717) is 5.41 Å². The monoisotopic (exact) mass is 211 g/mol. The molecule has 2 nitrogen and oxygen atoms in total. The second-order valence-electron chi connectivity index (χ2n) is 5.44. The molecular formula is C13H25NO. The first-order valence-electron chi connectivity index (χ1n) is 6.57. The van der Waals surface area contributed by atoms with Gasteiger partial charge in [0.05, 0.1) is 0 Å². The van der Waals surface area contributed by atoms with Crippen LogP contribution >= 0.6 is 0 Å². The van der Waals surface area contributed by atoms with Crippen LogP contribution in [0, 0.1) is 5.41 Å². The molecular weight excluding hydrogens is 186 g/mol. The summed E-state index contributed by atoms with van der Waals surface area (Å²) in [7, 11) is 0. The van der Waals surface area contributed by atoms with Crippen molar-refractivity contribution in [2.75, 3.05) is 26.3 Å². The first kappa shape index (κ1) is 11.4. The van der Waals surface area contributed by atoms with Crippen LogP contribution in [-0.4, -0.2) is 37.2 Å². The maximum absolute atomic E-state index is 5.50. The smallest absolute Gasteiger partial charge is 0.0471 e. The van der Waals surface area contributed by atoms with Crippen molar-refractivity contribution >= 4 is 0 Å². The minimum absolute atomic E-state index is 0.611. The molecule has 88 valence electrons. The lowest BCUT2D eigenvalue weighted by molar-refractivity contribution is -0.0359. The van der Waals surface area contributed by atoms with Crippen LogP contribution in [0.1, 0.15) is 46.0 Å². The number of hydrogen-bond acceptors (Lipinski definition) is 2. The third kappa shape index (κ3) is 2.54. The van der Waals surface area contributed by atoms with Gasteiger partial charge in [-0.05, 0) is 51.0 Å². The predicted molar refractivity (Wildman–Crippen MR) is 63.0 cm³/mol. The van der Waals surface area contributed by atoms with E-state index in [4.69, 9.17) is 4.74 Å². The van der Waals surface area contributed by atoms with E-state index < -0.39 is 0 Å². The Balaban J connectivity index is 1.96. The van der Waals surface area contributed by atoms with Gasteiger partial charge in [0.25, 0.3) is 0 Å². The molecule has 0 aromatic heterocycles. The summed E-state index contributed by atoms with van der Waals surface area (Å²) in [5, 5.41) is 0. The topological polar surface area (TPSA) is 12.5 Å². The highest BCUT2D eigenvalue weighted by Gasteiger charge is 2.37. The van der Waals surface area contributed by atoms with Crippen LogP contribution in [0.3, 0.4) is 0 Å². The van der Waals surface area contributed by atoms with E-state index in [2.05, 4.69) is 18.7 Å². The van der Waals surface area contributed by atoms with Gasteiger partial charge in [-0.15, -0.1) is 0 Å². The Morgan fingerprint density at radius 2 is 2.00 bits per heavy atom. The van der Waals surface area contributed by atoms with Crippen LogP contribution in [0.15, 0.2) is 0 Å². The van der Waals surface area contributed by atoms with E-state index >= 15 is 0 Å². The van der Waals surface area contributed by atoms with Crippen LogP contribution in [0.5, 0.6) is 0 Å². The van der Waals surface area contributed by atoms with Crippen molar-refractivity contribution in [2.24, 2.45) is 5.41 Å². The highest BCUT2D eigenvalue weighted by atomic mass is 16.5. The van der Waals surface area contributed by atoms with Crippen molar-refractivity contribution in [3.63, 3.8) is 0 Å². The fourth-order valence-electron chi connectivity index (χ4n) is 3.09. The lowest BCUT2D eigenvalue weighted by atomic mass is 9.73. The van der Waals surface area contributed by atoms with Gasteiger partial charge >= 0.3 is 0 Å². The van der Waals surface area contributed by atoms with Crippen molar-refractivity contribution in [1.82, 2.24) is 4.90 Å². The van der Waals surface area contributed by atoms with E-state index in [0.717, 1.165) is 19.3 Å². The summed E-state index contributed by atoms with van der Waals surface area (Å²) in [6.45, 7) is 9.31. The lowest BCUT2D eigenvalue weighted by Crippen LogP contribution is -2.49. The van der Waals surface area contributed by atoms with E-state index in [1.54, 1.807) is 0 Å². The minimum atomic E-state index is 0.611. The summed E-state index contributed by atoms with van der Waals surface area (Å²) in [6, 6.07) is 0.769. The van der Waals surface area contributed by atoms with Crippen LogP contribution in [-0.2, 0) is 4.74 Å². The molecule has 0 aromatic rings. The van der Waals surface area contributed by atoms with E-state index in [-0.39, 0.29) is 0 Å². The zero-order chi connectivity index (χ0) is 10.7. The molecule has 2 heterocycles. The van der Waals surface area contributed by atoms with Crippen LogP contribution in [0.25, 0.3) is 0 Å². The Bertz CT molecular complexity index is 193. The molecule has 0 bridgehead atoms. The zero-order valence-electron chi connectivity index (χ0n) is 10.3. The van der Waals surface area contributed by atoms with Gasteiger partial charge in [0.15, 0.2) is 0 Å². The van der Waals surface area contributed by atoms with Gasteiger partial charge in [-0.25, -0.2) is 0 Å². The highest BCUT2D eigenvalue weighted by Crippen LogP contribution is 2.39. The molecule has 2 aliphatic rings. The molecule has 0 radical (unpaired) electrons. The Labute approximate surface area is 94.0 Å². The average molecular weight is 211 g/mol. The average Bonchev–Trinajstić information content (AvgIpc) is 2.29. The van der Waals surface area contributed by atoms with E-state index in [1.165, 1.54) is 45.2 Å². The molecule has 1 spiro atoms. The maximum atomic E-state index is 5.50. The van der Waals surface area contributed by atoms with Crippen LogP contribution in [0.4, 0.5) is 0 Å². The Kier molecular flexibility index (Phi) is 3.68. The molecule has 15 heavy (non-hydrogen) atoms. The summed E-state index contributed by atoms with van der Waals surface area (Å²) in [5.74, 6) is 0. The van der Waals surface area contributed by atoms with Crippen molar-refractivity contribution in [1.29, 1.82) is 0 Å². The Morgan fingerprint density at radius 3 is 2.67 bits per heavy atom. The van der Waals surface area contributed by atoms with Gasteiger partial charge in [-0.3, -0.25) is 0 Å². The fourth-order valence-corrected chi connectivity index (χ4v) is 3.09. The summed E-state index contributed by atoms with van der Waals surface area (Å²) < 4.78 is 5.50. The minimum Gasteiger partial charge on any atom is -0.381 e. The van der Waals surface area contributed by atoms with Crippen molar-refractivity contribution < 1.29 is 4.74 Å². The molecule has 1 unspecified atom stereocenters. The Hall–Kier alpha value is -0.0800. The predicted octanol–water partition coefficient (Wildman–Crippen LogP) is 2.68. The van der Waals surface area contributed by atoms with Gasteiger partial charge in [-0.2, -0.15) is 0 Å². The standard InChI is InChI=1S/C13H25NO/c1-3-12(2)14-8-4-5-13(11-14)6-9-15-10-7-13/h12H,3-11H2,1-2H3. The van der Waals surface area contributed by atoms with Gasteiger partial charge in [-0.1, -0.05) is 6.92 Å². The molecule has 2 fully saturated rings. The number of rotatable bonds is 2. The number of hydrogen-bond donors (Lipinski definition) is 0. The number of ether oxygens (including phenoxy) is 1. The second-order valence-corrected chi connectivity index (χ2v) is 5.44. The van der Waals surface area contributed by atoms with Gasteiger partial charge < -0.3 is 9.64 Å². The fraction of sp³-hybridized carbons (Fsp3) is 1.00. The maximum Gasteiger partial charge on any atom is 0.0471 e. The molecule has 0 aliphatic carbocycles. The van der Waals surface area contributed by atoms with Crippen molar-refractivity contribution in [3.8, 4) is 0 Å². The zero-order valence-corrected chi connectivity index (χ0v) is 10.3. The summed E-state index contributed by atoms with van der Waals surface area (Å²) in [5.41, 5.74) is 0.611. The molecule has 0 aromatic carbocycles. The molecule has 0 N–H and O–H groups in total. The lowest BCUT2D eigenvalue weighted by Gasteiger charge is -2.47. The van der Waals surface area contributed by atoms with E-state index in [9.17, 15) is 0 Å². The molecule has 2 saturated heterocycles. The summed E-state index contributed by atoms with van der Waals surface area (Å²) in [4.78, 5) is 2.70. The normalized spacial score (nSPS) is 29.2. The summed E-state index contributed by atoms with van der Waals surface area (Å²) >= 11 is 0. The SMILES string of the molecule is CCC(C)N1CCCC2(CCOCC2)C1. The van der Waals surface area contributed by atoms with Crippen LogP contribution in [0.2, 0.25) is 0 Å². The highest BCUT2D eigenvalue weighted by molar-refractivity contribution is 4.90. The molecule has 0 saturated carbocycles. The molecule has 2 rings (SSSR count). The van der Waals surface area contributed by atoms with Crippen molar-refractivity contribution in [3.05, 3.63) is 0 Å². The van der Waals surface area contributed by atoms with E-state index in [1.807, 2.05) is 0 Å². The van der Waals surface area contributed by atoms with Crippen LogP contribution < -0.4 is 0 Å². The largest absolute Gasteiger partial charge is 0.381 e. The first-order valence-corrected chi connectivity index (χ1v) is 6.57. The first-order chi connectivity index (χ1) is 7.26. The number of piperidine rings is 1. The van der Waals surface area contributed by atoms with Crippen molar-refractivity contribution in [2.45, 2.75) is 52.0 Å². The second kappa shape index (κ2) is 4.84. The Morgan fingerprint density at radius 1 is 1.27 bits per heavy atom.